The molecule has 11 rings (SSSR count). The van der Waals surface area contributed by atoms with Crippen LogP contribution in [-0.2, 0) is 5.41 Å². The molecular weight excluding hydrogens is 643 g/mol. The Balaban J connectivity index is 1.33. The third-order valence-electron chi connectivity index (χ3n) is 10.7. The first-order valence-corrected chi connectivity index (χ1v) is 17.4. The monoisotopic (exact) mass is 690 g/mol. The van der Waals surface area contributed by atoms with Crippen molar-refractivity contribution in [1.29, 1.82) is 0 Å². The van der Waals surface area contributed by atoms with Crippen molar-refractivity contribution in [2.75, 3.05) is 4.90 Å². The highest BCUT2D eigenvalue weighted by atomic mass is 16.3. The number of benzene rings is 9. The van der Waals surface area contributed by atoms with E-state index in [1.165, 1.54) is 0 Å². The van der Waals surface area contributed by atoms with Crippen LogP contribution in [0.2, 0.25) is 0 Å². The number of furan rings is 1. The molecule has 0 radical (unpaired) electrons. The van der Waals surface area contributed by atoms with Gasteiger partial charge in [-0.15, -0.1) is 0 Å². The zero-order chi connectivity index (χ0) is 46.6. The van der Waals surface area contributed by atoms with Gasteiger partial charge >= 0.3 is 0 Å². The molecule has 1 aromatic heterocycles. The Morgan fingerprint density at radius 2 is 1.11 bits per heavy atom. The van der Waals surface area contributed by atoms with E-state index in [2.05, 4.69) is 26.0 Å². The molecule has 0 saturated heterocycles. The van der Waals surface area contributed by atoms with Gasteiger partial charge in [0.2, 0.25) is 0 Å². The molecule has 1 heterocycles. The van der Waals surface area contributed by atoms with E-state index < -0.39 is 77.9 Å². The molecule has 0 unspecified atom stereocenters. The quantitative estimate of drug-likeness (QED) is 0.171. The number of hydrogen-bond acceptors (Lipinski definition) is 2. The largest absolute Gasteiger partial charge is 0.456 e. The summed E-state index contributed by atoms with van der Waals surface area (Å²) < 4.78 is 126. The highest BCUT2D eigenvalue weighted by molar-refractivity contribution is 6.34. The summed E-state index contributed by atoms with van der Waals surface area (Å²) in [7, 11) is 0. The van der Waals surface area contributed by atoms with Crippen molar-refractivity contribution in [2.24, 2.45) is 0 Å². The average molecular weight is 691 g/mol. The molecule has 0 bridgehead atoms. The molecule has 0 atom stereocenters. The van der Waals surface area contributed by atoms with Gasteiger partial charge in [-0.2, -0.15) is 0 Å². The molecule has 53 heavy (non-hydrogen) atoms. The number of para-hydroxylation sites is 1. The van der Waals surface area contributed by atoms with E-state index in [4.69, 9.17) is 12.6 Å². The van der Waals surface area contributed by atoms with Crippen LogP contribution in [-0.4, -0.2) is 0 Å². The van der Waals surface area contributed by atoms with Crippen LogP contribution in [0.5, 0.6) is 0 Å². The van der Waals surface area contributed by atoms with E-state index in [0.717, 1.165) is 33.4 Å². The predicted molar refractivity (Wildman–Crippen MR) is 224 cm³/mol. The second-order valence-electron chi connectivity index (χ2n) is 13.9. The summed E-state index contributed by atoms with van der Waals surface area (Å²) in [6.45, 7) is 4.27. The van der Waals surface area contributed by atoms with E-state index in [-0.39, 0.29) is 66.0 Å². The van der Waals surface area contributed by atoms with Crippen LogP contribution in [0.25, 0.3) is 76.5 Å². The first-order valence-electron chi connectivity index (χ1n) is 23.9. The molecule has 0 spiro atoms. The topological polar surface area (TPSA) is 16.4 Å². The standard InChI is InChI=1S/C51H35NO/c1-51(2)45-18-10-8-15-39(45)40-27-25-36(31-46(40)51)52(34-22-20-33(21-23-34)32-12-4-3-5-13-32)35-24-26-38-37-14-6-7-16-41(37)49-42(44(38)30-35)28-29-48-50(49)43-17-9-11-19-47(43)53-48/h3-31H,1-2H3/i6D,7D,9D,11D,14D,16D,17D,19D,24D,26D,28D,29D,30D. The lowest BCUT2D eigenvalue weighted by molar-refractivity contribution is 0.660. The van der Waals surface area contributed by atoms with Gasteiger partial charge in [-0.25, -0.2) is 0 Å². The van der Waals surface area contributed by atoms with Crippen LogP contribution >= 0.6 is 0 Å². The Morgan fingerprint density at radius 1 is 0.472 bits per heavy atom. The number of hydrogen-bond donors (Lipinski definition) is 0. The van der Waals surface area contributed by atoms with Gasteiger partial charge in [0, 0.05) is 38.6 Å². The van der Waals surface area contributed by atoms with Crippen molar-refractivity contribution >= 4 is 71.3 Å². The van der Waals surface area contributed by atoms with Gasteiger partial charge in [-0.1, -0.05) is 135 Å². The van der Waals surface area contributed by atoms with Crippen molar-refractivity contribution in [3.05, 3.63) is 187 Å². The summed E-state index contributed by atoms with van der Waals surface area (Å²) in [4.78, 5) is 1.72. The van der Waals surface area contributed by atoms with Crippen LogP contribution in [0, 0.1) is 0 Å². The highest BCUT2D eigenvalue weighted by Gasteiger charge is 2.35. The zero-order valence-corrected chi connectivity index (χ0v) is 28.6. The van der Waals surface area contributed by atoms with E-state index in [1.807, 2.05) is 84.9 Å². The lowest BCUT2D eigenvalue weighted by Gasteiger charge is -2.28. The molecule has 0 amide bonds. The summed E-state index contributed by atoms with van der Waals surface area (Å²) in [5.41, 5.74) is 6.07. The first kappa shape index (κ1) is 19.8. The van der Waals surface area contributed by atoms with E-state index in [1.54, 1.807) is 4.90 Å². The summed E-state index contributed by atoms with van der Waals surface area (Å²) in [5.74, 6) is 0. The van der Waals surface area contributed by atoms with Gasteiger partial charge in [0.15, 0.2) is 0 Å². The molecule has 0 aliphatic heterocycles. The lowest BCUT2D eigenvalue weighted by Crippen LogP contribution is -2.16. The number of nitrogens with zero attached hydrogens (tertiary/aromatic N) is 1. The fourth-order valence-corrected chi connectivity index (χ4v) is 8.13. The minimum absolute atomic E-state index is 0.0697. The van der Waals surface area contributed by atoms with Crippen LogP contribution < -0.4 is 4.90 Å². The normalized spacial score (nSPS) is 16.7. The highest BCUT2D eigenvalue weighted by Crippen LogP contribution is 2.51. The first-order chi connectivity index (χ1) is 31.5. The van der Waals surface area contributed by atoms with E-state index >= 15 is 0 Å². The number of rotatable bonds is 4. The van der Waals surface area contributed by atoms with E-state index in [0.29, 0.717) is 11.4 Å². The zero-order valence-electron chi connectivity index (χ0n) is 41.6. The minimum Gasteiger partial charge on any atom is -0.456 e. The van der Waals surface area contributed by atoms with Crippen LogP contribution in [0.15, 0.2) is 180 Å². The molecule has 1 aliphatic rings. The van der Waals surface area contributed by atoms with Gasteiger partial charge in [0.1, 0.15) is 11.2 Å². The molecule has 9 aromatic carbocycles. The second kappa shape index (κ2) is 11.2. The molecule has 1 aliphatic carbocycles. The summed E-state index contributed by atoms with van der Waals surface area (Å²) in [5, 5.41) is -1.29. The van der Waals surface area contributed by atoms with Crippen molar-refractivity contribution in [3.63, 3.8) is 0 Å². The van der Waals surface area contributed by atoms with Gasteiger partial charge in [0.05, 0.1) is 17.8 Å². The van der Waals surface area contributed by atoms with E-state index in [9.17, 15) is 9.60 Å². The lowest BCUT2D eigenvalue weighted by atomic mass is 9.82. The maximum absolute atomic E-state index is 10.3. The Hall–Kier alpha value is -6.64. The Morgan fingerprint density at radius 3 is 1.96 bits per heavy atom. The molecule has 250 valence electrons. The smallest absolute Gasteiger partial charge is 0.136 e. The molecule has 2 nitrogen and oxygen atoms in total. The molecule has 10 aromatic rings. The Labute approximate surface area is 326 Å². The van der Waals surface area contributed by atoms with Gasteiger partial charge in [-0.05, 0) is 115 Å². The van der Waals surface area contributed by atoms with Crippen LogP contribution in [0.3, 0.4) is 0 Å². The minimum atomic E-state index is -0.648. The van der Waals surface area contributed by atoms with Crippen molar-refractivity contribution in [1.82, 2.24) is 0 Å². The third-order valence-corrected chi connectivity index (χ3v) is 10.7. The molecule has 0 fully saturated rings. The average Bonchev–Trinajstić information content (AvgIpc) is 3.84. The van der Waals surface area contributed by atoms with Crippen LogP contribution in [0.4, 0.5) is 17.1 Å². The predicted octanol–water partition coefficient (Wildman–Crippen LogP) is 14.5. The molecule has 2 heteroatoms. The summed E-state index contributed by atoms with van der Waals surface area (Å²) >= 11 is 0. The fourth-order valence-electron chi connectivity index (χ4n) is 8.13. The fraction of sp³-hybridized carbons (Fsp3) is 0.0588. The Bertz CT molecular complexity index is 3830. The van der Waals surface area contributed by atoms with Crippen molar-refractivity contribution in [3.8, 4) is 22.3 Å². The SMILES string of the molecule is [2H]c1c([2H])c([2H])c2c(oc3c([2H])c([2H])c4c5c([2H])c(N(c6ccc(-c7ccccc7)cc6)c6ccc7c(c6)C(C)(C)c6ccccc6-7)c([2H])c([2H])c5c5c([2H])c([2H])c([2H])c([2H])c5c4c32)c1[2H]. The molecule has 0 N–H and O–H groups in total. The van der Waals surface area contributed by atoms with Gasteiger partial charge in [-0.3, -0.25) is 0 Å². The molecular formula is C51H35NO. The van der Waals surface area contributed by atoms with Crippen molar-refractivity contribution in [2.45, 2.75) is 19.3 Å². The van der Waals surface area contributed by atoms with Crippen molar-refractivity contribution < 1.29 is 22.2 Å². The third kappa shape index (κ3) is 4.39. The second-order valence-corrected chi connectivity index (χ2v) is 13.9. The van der Waals surface area contributed by atoms with Crippen LogP contribution in [0.1, 0.15) is 42.8 Å². The summed E-state index contributed by atoms with van der Waals surface area (Å²) in [6, 6.07) is 24.4. The maximum Gasteiger partial charge on any atom is 0.136 e. The summed E-state index contributed by atoms with van der Waals surface area (Å²) in [6.07, 6.45) is 0. The number of anilines is 3. The maximum atomic E-state index is 10.3. The van der Waals surface area contributed by atoms with Gasteiger partial charge in [0.25, 0.3) is 0 Å². The molecule has 0 saturated carbocycles. The van der Waals surface area contributed by atoms with Gasteiger partial charge < -0.3 is 9.32 Å². The number of fused-ring (bicyclic) bond motifs is 13. The Kier molecular flexibility index (Phi) is 4.18.